The monoisotopic (exact) mass is 450 g/mol. The summed E-state index contributed by atoms with van der Waals surface area (Å²) < 4.78 is 24.3. The first-order valence-corrected chi connectivity index (χ1v) is 9.85. The number of anilines is 1. The molecule has 1 heterocycles. The lowest BCUT2D eigenvalue weighted by Gasteiger charge is -2.29. The molecule has 0 saturated carbocycles. The molecule has 32 heavy (non-hydrogen) atoms. The quantitative estimate of drug-likeness (QED) is 0.230. The first-order valence-electron chi connectivity index (χ1n) is 9.44. The Hall–Kier alpha value is -3.96. The fourth-order valence-electron chi connectivity index (χ4n) is 3.15. The number of terminal acetylenes is 1. The Kier molecular flexibility index (Phi) is 7.03. The summed E-state index contributed by atoms with van der Waals surface area (Å²) >= 11 is 5.15. The molecule has 6 nitrogen and oxygen atoms in total. The molecule has 2 amide bonds. The number of benzene rings is 2. The molecule has 0 unspecified atom stereocenters. The molecule has 0 bridgehead atoms. The normalized spacial score (nSPS) is 14.7. The predicted octanol–water partition coefficient (Wildman–Crippen LogP) is 3.41. The van der Waals surface area contributed by atoms with Crippen LogP contribution in [0.5, 0.6) is 11.5 Å². The van der Waals surface area contributed by atoms with Crippen LogP contribution in [0, 0.1) is 18.2 Å². The van der Waals surface area contributed by atoms with Crippen molar-refractivity contribution in [3.63, 3.8) is 0 Å². The van der Waals surface area contributed by atoms with Crippen molar-refractivity contribution in [3.8, 4) is 23.8 Å². The maximum absolute atomic E-state index is 13.3. The molecule has 8 heteroatoms. The number of nitrogens with zero attached hydrogens (tertiary/aromatic N) is 1. The van der Waals surface area contributed by atoms with Gasteiger partial charge in [-0.25, -0.2) is 4.39 Å². The van der Waals surface area contributed by atoms with Crippen LogP contribution in [0.2, 0.25) is 0 Å². The highest BCUT2D eigenvalue weighted by Crippen LogP contribution is 2.34. The summed E-state index contributed by atoms with van der Waals surface area (Å²) in [5.74, 6) is 1.51. The van der Waals surface area contributed by atoms with Gasteiger partial charge >= 0.3 is 0 Å². The van der Waals surface area contributed by atoms with Gasteiger partial charge in [0.15, 0.2) is 16.6 Å². The highest BCUT2D eigenvalue weighted by Gasteiger charge is 2.34. The van der Waals surface area contributed by atoms with Crippen LogP contribution in [0.25, 0.3) is 6.08 Å². The van der Waals surface area contributed by atoms with Crippen molar-refractivity contribution in [1.82, 2.24) is 5.32 Å². The standard InChI is InChI=1S/C24H19FN2O4S/c1-4-6-16-12-15(14-20(30-3)21(16)31-11-5-2)13-19-22(28)26-24(32)27(23(19)29)18-9-7-17(25)8-10-18/h2,4,7-10,12-14H,1,6,11H2,3H3,(H,26,28,32)/b19-13-. The molecule has 1 aliphatic rings. The van der Waals surface area contributed by atoms with E-state index in [1.165, 1.54) is 37.5 Å². The zero-order valence-electron chi connectivity index (χ0n) is 17.2. The van der Waals surface area contributed by atoms with Gasteiger partial charge in [0.1, 0.15) is 18.0 Å². The molecule has 0 aromatic heterocycles. The summed E-state index contributed by atoms with van der Waals surface area (Å²) in [7, 11) is 1.47. The number of carbonyl (C=O) groups is 2. The van der Waals surface area contributed by atoms with Crippen LogP contribution in [-0.4, -0.2) is 30.6 Å². The van der Waals surface area contributed by atoms with Gasteiger partial charge in [-0.05, 0) is 66.7 Å². The van der Waals surface area contributed by atoms with Gasteiger partial charge in [-0.15, -0.1) is 13.0 Å². The van der Waals surface area contributed by atoms with E-state index in [4.69, 9.17) is 28.1 Å². The van der Waals surface area contributed by atoms with Gasteiger partial charge in [-0.2, -0.15) is 0 Å². The molecule has 1 fully saturated rings. The molecular weight excluding hydrogens is 431 g/mol. The lowest BCUT2D eigenvalue weighted by atomic mass is 10.0. The highest BCUT2D eigenvalue weighted by atomic mass is 32.1. The first-order chi connectivity index (χ1) is 15.4. The van der Waals surface area contributed by atoms with Crippen LogP contribution in [0.4, 0.5) is 10.1 Å². The van der Waals surface area contributed by atoms with Crippen LogP contribution in [-0.2, 0) is 16.0 Å². The molecule has 3 rings (SSSR count). The second kappa shape index (κ2) is 9.90. The van der Waals surface area contributed by atoms with Crippen LogP contribution < -0.4 is 19.7 Å². The van der Waals surface area contributed by atoms with E-state index >= 15 is 0 Å². The van der Waals surface area contributed by atoms with Gasteiger partial charge in [-0.1, -0.05) is 12.0 Å². The molecule has 0 atom stereocenters. The van der Waals surface area contributed by atoms with E-state index in [9.17, 15) is 14.0 Å². The van der Waals surface area contributed by atoms with Crippen LogP contribution in [0.1, 0.15) is 11.1 Å². The van der Waals surface area contributed by atoms with E-state index in [0.29, 0.717) is 29.2 Å². The first kappa shape index (κ1) is 22.7. The molecule has 1 N–H and O–H groups in total. The number of allylic oxidation sites excluding steroid dienone is 1. The second-order valence-corrected chi connectivity index (χ2v) is 7.02. The summed E-state index contributed by atoms with van der Waals surface area (Å²) in [6.07, 6.45) is 8.85. The molecule has 2 aromatic carbocycles. The van der Waals surface area contributed by atoms with Crippen molar-refractivity contribution in [3.05, 3.63) is 71.6 Å². The lowest BCUT2D eigenvalue weighted by molar-refractivity contribution is -0.122. The van der Waals surface area contributed by atoms with Crippen molar-refractivity contribution >= 4 is 40.9 Å². The summed E-state index contributed by atoms with van der Waals surface area (Å²) in [5, 5.41) is 2.40. The van der Waals surface area contributed by atoms with Crippen molar-refractivity contribution in [2.75, 3.05) is 18.6 Å². The Bertz CT molecular complexity index is 1170. The number of halogens is 1. The topological polar surface area (TPSA) is 67.9 Å². The summed E-state index contributed by atoms with van der Waals surface area (Å²) in [4.78, 5) is 26.8. The highest BCUT2D eigenvalue weighted by molar-refractivity contribution is 7.80. The number of carbonyl (C=O) groups excluding carboxylic acids is 2. The number of hydrogen-bond acceptors (Lipinski definition) is 5. The number of ether oxygens (including phenoxy) is 2. The van der Waals surface area contributed by atoms with E-state index in [1.807, 2.05) is 0 Å². The van der Waals surface area contributed by atoms with Crippen LogP contribution in [0.15, 0.2) is 54.6 Å². The maximum Gasteiger partial charge on any atom is 0.270 e. The summed E-state index contributed by atoms with van der Waals surface area (Å²) in [5.41, 5.74) is 1.43. The Labute approximate surface area is 190 Å². The van der Waals surface area contributed by atoms with E-state index in [0.717, 1.165) is 10.5 Å². The molecule has 0 radical (unpaired) electrons. The predicted molar refractivity (Wildman–Crippen MR) is 124 cm³/mol. The molecular formula is C24H19FN2O4S. The molecule has 2 aromatic rings. The van der Waals surface area contributed by atoms with Crippen molar-refractivity contribution in [1.29, 1.82) is 0 Å². The summed E-state index contributed by atoms with van der Waals surface area (Å²) in [6, 6.07) is 8.58. The van der Waals surface area contributed by atoms with Gasteiger partial charge < -0.3 is 9.47 Å². The maximum atomic E-state index is 13.3. The zero-order chi connectivity index (χ0) is 23.3. The average molecular weight is 450 g/mol. The molecule has 0 spiro atoms. The minimum absolute atomic E-state index is 0.0475. The van der Waals surface area contributed by atoms with E-state index < -0.39 is 17.6 Å². The number of hydrogen-bond donors (Lipinski definition) is 1. The number of amides is 2. The second-order valence-electron chi connectivity index (χ2n) is 6.63. The number of rotatable bonds is 7. The smallest absolute Gasteiger partial charge is 0.270 e. The van der Waals surface area contributed by atoms with Crippen molar-refractivity contribution < 1.29 is 23.5 Å². The minimum Gasteiger partial charge on any atom is -0.493 e. The van der Waals surface area contributed by atoms with E-state index in [2.05, 4.69) is 17.8 Å². The van der Waals surface area contributed by atoms with E-state index in [1.54, 1.807) is 18.2 Å². The minimum atomic E-state index is -0.643. The Morgan fingerprint density at radius 2 is 2.00 bits per heavy atom. The fourth-order valence-corrected chi connectivity index (χ4v) is 3.43. The van der Waals surface area contributed by atoms with Crippen LogP contribution >= 0.6 is 12.2 Å². The third kappa shape index (κ3) is 4.68. The fraction of sp³-hybridized carbons (Fsp3) is 0.125. The molecule has 1 saturated heterocycles. The molecule has 0 aliphatic carbocycles. The molecule has 1 aliphatic heterocycles. The van der Waals surface area contributed by atoms with Gasteiger partial charge in [0.25, 0.3) is 11.8 Å². The van der Waals surface area contributed by atoms with Gasteiger partial charge in [0.2, 0.25) is 0 Å². The lowest BCUT2D eigenvalue weighted by Crippen LogP contribution is -2.54. The van der Waals surface area contributed by atoms with Crippen LogP contribution in [0.3, 0.4) is 0 Å². The SMILES string of the molecule is C#CCOc1c(CC=C)cc(/C=C2/C(=O)NC(=S)N(c3ccc(F)cc3)C2=O)cc1OC. The Morgan fingerprint density at radius 3 is 2.62 bits per heavy atom. The number of methoxy groups -OCH3 is 1. The largest absolute Gasteiger partial charge is 0.493 e. The number of thiocarbonyl (C=S) groups is 1. The Balaban J connectivity index is 2.06. The third-order valence-corrected chi connectivity index (χ3v) is 4.82. The Morgan fingerprint density at radius 1 is 1.28 bits per heavy atom. The number of nitrogens with one attached hydrogen (secondary N) is 1. The molecule has 162 valence electrons. The van der Waals surface area contributed by atoms with Crippen molar-refractivity contribution in [2.45, 2.75) is 6.42 Å². The van der Waals surface area contributed by atoms with E-state index in [-0.39, 0.29) is 17.3 Å². The third-order valence-electron chi connectivity index (χ3n) is 4.54. The van der Waals surface area contributed by atoms with Gasteiger partial charge in [0.05, 0.1) is 12.8 Å². The zero-order valence-corrected chi connectivity index (χ0v) is 18.0. The summed E-state index contributed by atoms with van der Waals surface area (Å²) in [6.45, 7) is 3.79. The van der Waals surface area contributed by atoms with Crippen molar-refractivity contribution in [2.24, 2.45) is 0 Å². The average Bonchev–Trinajstić information content (AvgIpc) is 2.77. The van der Waals surface area contributed by atoms with Gasteiger partial charge in [0, 0.05) is 5.56 Å². The van der Waals surface area contributed by atoms with Gasteiger partial charge in [-0.3, -0.25) is 19.8 Å².